The van der Waals surface area contributed by atoms with E-state index < -0.39 is 0 Å². The SMILES string of the molecule is CSSC(CCO)CP=O. The van der Waals surface area contributed by atoms with Crippen molar-refractivity contribution in [3.05, 3.63) is 0 Å². The van der Waals surface area contributed by atoms with Crippen molar-refractivity contribution >= 4 is 30.0 Å². The molecule has 0 heterocycles. The Morgan fingerprint density at radius 3 is 2.80 bits per heavy atom. The Morgan fingerprint density at radius 2 is 2.40 bits per heavy atom. The number of aliphatic hydroxyl groups excluding tert-OH is 1. The minimum Gasteiger partial charge on any atom is -0.396 e. The lowest BCUT2D eigenvalue weighted by Crippen LogP contribution is -2.05. The van der Waals surface area contributed by atoms with Crippen LogP contribution in [0.15, 0.2) is 0 Å². The zero-order valence-corrected chi connectivity index (χ0v) is 8.35. The van der Waals surface area contributed by atoms with Gasteiger partial charge in [0.05, 0.1) is 0 Å². The summed E-state index contributed by atoms with van der Waals surface area (Å²) >= 11 is 0. The van der Waals surface area contributed by atoms with Gasteiger partial charge in [-0.25, -0.2) is 0 Å². The molecule has 1 atom stereocenters. The topological polar surface area (TPSA) is 37.3 Å². The lowest BCUT2D eigenvalue weighted by atomic mass is 10.3. The Kier molecular flexibility index (Phi) is 8.46. The number of rotatable bonds is 6. The molecule has 1 unspecified atom stereocenters. The van der Waals surface area contributed by atoms with Gasteiger partial charge in [-0.2, -0.15) is 0 Å². The first kappa shape index (κ1) is 10.8. The van der Waals surface area contributed by atoms with Crippen LogP contribution < -0.4 is 0 Å². The average molecular weight is 198 g/mol. The van der Waals surface area contributed by atoms with Crippen LogP contribution in [-0.2, 0) is 4.57 Å². The first-order chi connectivity index (χ1) is 4.85. The highest BCUT2D eigenvalue weighted by atomic mass is 33.1. The maximum atomic E-state index is 10.2. The molecule has 2 nitrogen and oxygen atoms in total. The molecule has 5 heteroatoms. The molecule has 0 aliphatic heterocycles. The lowest BCUT2D eigenvalue weighted by Gasteiger charge is -2.07. The van der Waals surface area contributed by atoms with Gasteiger partial charge in [0.1, 0.15) is 0 Å². The molecule has 0 aliphatic rings. The fraction of sp³-hybridized carbons (Fsp3) is 1.00. The molecule has 0 spiro atoms. The van der Waals surface area contributed by atoms with E-state index in [1.165, 1.54) is 0 Å². The maximum Gasteiger partial charge on any atom is 0.156 e. The summed E-state index contributed by atoms with van der Waals surface area (Å²) in [6.07, 6.45) is 3.36. The molecule has 0 saturated carbocycles. The van der Waals surface area contributed by atoms with Crippen molar-refractivity contribution in [3.63, 3.8) is 0 Å². The van der Waals surface area contributed by atoms with Crippen molar-refractivity contribution < 1.29 is 9.67 Å². The molecule has 0 saturated heterocycles. The summed E-state index contributed by atoms with van der Waals surface area (Å²) in [6.45, 7) is 0.188. The molecular formula is C5H11O2PS2. The molecule has 1 N–H and O–H groups in total. The van der Waals surface area contributed by atoms with Gasteiger partial charge in [0.2, 0.25) is 0 Å². The summed E-state index contributed by atoms with van der Waals surface area (Å²) in [5, 5.41) is 8.89. The Balaban J connectivity index is 3.38. The van der Waals surface area contributed by atoms with E-state index in [-0.39, 0.29) is 15.1 Å². The first-order valence-electron chi connectivity index (χ1n) is 2.94. The maximum absolute atomic E-state index is 10.2. The van der Waals surface area contributed by atoms with E-state index in [1.54, 1.807) is 21.6 Å². The minimum atomic E-state index is 0.178. The van der Waals surface area contributed by atoms with E-state index in [1.807, 2.05) is 6.26 Å². The van der Waals surface area contributed by atoms with Crippen LogP contribution in [-0.4, -0.2) is 29.4 Å². The molecule has 10 heavy (non-hydrogen) atoms. The van der Waals surface area contributed by atoms with E-state index in [2.05, 4.69) is 0 Å². The fourth-order valence-corrected chi connectivity index (χ4v) is 3.43. The monoisotopic (exact) mass is 198 g/mol. The average Bonchev–Trinajstić information content (AvgIpc) is 1.90. The van der Waals surface area contributed by atoms with Crippen LogP contribution in [0, 0.1) is 0 Å². The smallest absolute Gasteiger partial charge is 0.156 e. The molecule has 0 aromatic carbocycles. The van der Waals surface area contributed by atoms with Crippen molar-refractivity contribution in [1.29, 1.82) is 0 Å². The molecule has 0 fully saturated rings. The summed E-state index contributed by atoms with van der Waals surface area (Å²) in [7, 11) is 3.51. The predicted octanol–water partition coefficient (Wildman–Crippen LogP) is 2.04. The molecule has 0 aromatic heterocycles. The molecule has 0 aliphatic carbocycles. The van der Waals surface area contributed by atoms with Crippen LogP contribution in [0.3, 0.4) is 0 Å². The Bertz CT molecular complexity index is 85.7. The zero-order chi connectivity index (χ0) is 7.82. The summed E-state index contributed by atoms with van der Waals surface area (Å²) in [4.78, 5) is 0. The predicted molar refractivity (Wildman–Crippen MR) is 49.1 cm³/mol. The summed E-state index contributed by atoms with van der Waals surface area (Å²) in [6, 6.07) is 0. The van der Waals surface area contributed by atoms with Crippen molar-refractivity contribution in [2.75, 3.05) is 19.0 Å². The van der Waals surface area contributed by atoms with E-state index in [0.717, 1.165) is 6.42 Å². The van der Waals surface area contributed by atoms with Gasteiger partial charge in [0.25, 0.3) is 0 Å². The Morgan fingerprint density at radius 1 is 1.70 bits per heavy atom. The molecule has 0 rings (SSSR count). The highest BCUT2D eigenvalue weighted by Crippen LogP contribution is 2.27. The van der Waals surface area contributed by atoms with Crippen LogP contribution in [0.2, 0.25) is 0 Å². The van der Waals surface area contributed by atoms with Crippen LogP contribution in [0.25, 0.3) is 0 Å². The summed E-state index contributed by atoms with van der Waals surface area (Å²) in [5.74, 6) is 0. The molecular weight excluding hydrogens is 187 g/mol. The lowest BCUT2D eigenvalue weighted by molar-refractivity contribution is 0.289. The second-order valence-electron chi connectivity index (χ2n) is 1.71. The van der Waals surface area contributed by atoms with Crippen LogP contribution in [0.5, 0.6) is 0 Å². The second kappa shape index (κ2) is 7.86. The van der Waals surface area contributed by atoms with Crippen molar-refractivity contribution in [1.82, 2.24) is 0 Å². The molecule has 0 aromatic rings. The largest absolute Gasteiger partial charge is 0.396 e. The highest BCUT2D eigenvalue weighted by molar-refractivity contribution is 8.76. The Hall–Kier alpha value is 0.760. The highest BCUT2D eigenvalue weighted by Gasteiger charge is 2.06. The number of hydrogen-bond acceptors (Lipinski definition) is 4. The normalized spacial score (nSPS) is 13.8. The minimum absolute atomic E-state index is 0.178. The number of hydrogen-bond donors (Lipinski definition) is 1. The van der Waals surface area contributed by atoms with Gasteiger partial charge < -0.3 is 5.11 Å². The van der Waals surface area contributed by atoms with E-state index in [9.17, 15) is 4.57 Å². The van der Waals surface area contributed by atoms with Gasteiger partial charge in [0.15, 0.2) is 8.46 Å². The van der Waals surface area contributed by atoms with Gasteiger partial charge in [-0.3, -0.25) is 4.57 Å². The zero-order valence-electron chi connectivity index (χ0n) is 5.82. The standard InChI is InChI=1S/C5H11O2PS2/c1-9-10-5(2-3-6)4-8-7/h5-6H,2-4H2,1H3. The van der Waals surface area contributed by atoms with Gasteiger partial charge >= 0.3 is 0 Å². The van der Waals surface area contributed by atoms with Gasteiger partial charge in [-0.05, 0) is 12.7 Å². The summed E-state index contributed by atoms with van der Waals surface area (Å²) < 4.78 is 10.2. The third-order valence-corrected chi connectivity index (χ3v) is 4.06. The molecule has 60 valence electrons. The molecule has 0 radical (unpaired) electrons. The van der Waals surface area contributed by atoms with E-state index in [0.29, 0.717) is 11.4 Å². The fourth-order valence-electron chi connectivity index (χ4n) is 0.533. The van der Waals surface area contributed by atoms with E-state index >= 15 is 0 Å². The number of aliphatic hydroxyl groups is 1. The summed E-state index contributed by atoms with van der Waals surface area (Å²) in [5.41, 5.74) is 0. The van der Waals surface area contributed by atoms with Crippen LogP contribution in [0.4, 0.5) is 0 Å². The van der Waals surface area contributed by atoms with Gasteiger partial charge in [-0.1, -0.05) is 21.6 Å². The first-order valence-corrected chi connectivity index (χ1v) is 6.56. The second-order valence-corrected chi connectivity index (χ2v) is 5.10. The third kappa shape index (κ3) is 5.54. The van der Waals surface area contributed by atoms with E-state index in [4.69, 9.17) is 5.11 Å². The Labute approximate surface area is 70.8 Å². The van der Waals surface area contributed by atoms with Crippen LogP contribution >= 0.6 is 30.0 Å². The quantitative estimate of drug-likeness (QED) is 0.523. The van der Waals surface area contributed by atoms with Crippen molar-refractivity contribution in [2.24, 2.45) is 0 Å². The van der Waals surface area contributed by atoms with Crippen molar-refractivity contribution in [2.45, 2.75) is 11.7 Å². The molecule has 0 bridgehead atoms. The van der Waals surface area contributed by atoms with Crippen molar-refractivity contribution in [3.8, 4) is 0 Å². The van der Waals surface area contributed by atoms with Gasteiger partial charge in [-0.15, -0.1) is 0 Å². The third-order valence-electron chi connectivity index (χ3n) is 0.962. The van der Waals surface area contributed by atoms with Crippen LogP contribution in [0.1, 0.15) is 6.42 Å². The molecule has 0 amide bonds. The van der Waals surface area contributed by atoms with Gasteiger partial charge in [0, 0.05) is 18.0 Å².